The van der Waals surface area contributed by atoms with E-state index in [0.29, 0.717) is 6.10 Å². The molecule has 0 aromatic rings. The molecule has 0 N–H and O–H groups in total. The van der Waals surface area contributed by atoms with E-state index in [4.69, 9.17) is 4.74 Å². The van der Waals surface area contributed by atoms with E-state index < -0.39 is 0 Å². The molecule has 57 valence electrons. The Bertz CT molecular complexity index is 96.2. The van der Waals surface area contributed by atoms with E-state index in [-0.39, 0.29) is 0 Å². The summed E-state index contributed by atoms with van der Waals surface area (Å²) >= 11 is 4.05. The van der Waals surface area contributed by atoms with E-state index in [9.17, 15) is 0 Å². The predicted octanol–water partition coefficient (Wildman–Crippen LogP) is 1.79. The molecule has 10 heavy (non-hydrogen) atoms. The second kappa shape index (κ2) is 3.37. The topological polar surface area (TPSA) is 12.5 Å². The van der Waals surface area contributed by atoms with Gasteiger partial charge in [0.15, 0.2) is 0 Å². The van der Waals surface area contributed by atoms with E-state index in [2.05, 4.69) is 0 Å². The van der Waals surface area contributed by atoms with E-state index in [0.717, 1.165) is 6.61 Å². The number of rotatable bonds is 5. The average molecular weight is 175 g/mol. The van der Waals surface area contributed by atoms with Crippen LogP contribution in [-0.4, -0.2) is 30.0 Å². The van der Waals surface area contributed by atoms with Crippen LogP contribution in [0.4, 0.5) is 0 Å². The molecule has 0 aromatic heterocycles. The smallest absolute Gasteiger partial charge is 0.0900 e. The van der Waals surface area contributed by atoms with Gasteiger partial charge in [-0.05, 0) is 12.2 Å². The van der Waals surface area contributed by atoms with Crippen LogP contribution in [0.5, 0.6) is 0 Å². The largest absolute Gasteiger partial charge is 0.372 e. The molecule has 1 radical (unpaired) electrons. The normalized spacial score (nSPS) is 30.6. The fraction of sp³-hybridized carbons (Fsp3) is 0.857. The van der Waals surface area contributed by atoms with Gasteiger partial charge in [0.25, 0.3) is 0 Å². The Labute approximate surface area is 70.3 Å². The van der Waals surface area contributed by atoms with Crippen LogP contribution in [0.2, 0.25) is 0 Å². The van der Waals surface area contributed by atoms with Gasteiger partial charge in [0, 0.05) is 16.8 Å². The lowest BCUT2D eigenvalue weighted by molar-refractivity contribution is 0.426. The number of thioether (sulfide) groups is 2. The third-order valence-electron chi connectivity index (χ3n) is 1.58. The minimum Gasteiger partial charge on any atom is -0.372 e. The summed E-state index contributed by atoms with van der Waals surface area (Å²) < 4.78 is 5.10. The van der Waals surface area contributed by atoms with E-state index in [1.54, 1.807) is 5.25 Å². The Morgan fingerprint density at radius 2 is 2.50 bits per heavy atom. The summed E-state index contributed by atoms with van der Waals surface area (Å²) in [6, 6.07) is 0. The van der Waals surface area contributed by atoms with Crippen LogP contribution in [0.3, 0.4) is 0 Å². The number of hydrogen-bond donors (Lipinski definition) is 0. The maximum Gasteiger partial charge on any atom is 0.0900 e. The van der Waals surface area contributed by atoms with Crippen molar-refractivity contribution in [2.75, 3.05) is 23.9 Å². The van der Waals surface area contributed by atoms with Gasteiger partial charge in [-0.15, -0.1) is 0 Å². The molecule has 2 saturated heterocycles. The van der Waals surface area contributed by atoms with E-state index in [1.165, 1.54) is 23.7 Å². The summed E-state index contributed by atoms with van der Waals surface area (Å²) in [5.74, 6) is 3.86. The molecule has 0 aromatic carbocycles. The molecular weight excluding hydrogens is 164 g/mol. The summed E-state index contributed by atoms with van der Waals surface area (Å²) in [5, 5.41) is 1.70. The molecule has 1 atom stereocenters. The Morgan fingerprint density at radius 3 is 3.10 bits per heavy atom. The first-order valence-electron chi connectivity index (χ1n) is 3.62. The molecule has 2 aliphatic heterocycles. The summed E-state index contributed by atoms with van der Waals surface area (Å²) in [6.07, 6.45) is 1.95. The standard InChI is InChI=1S/C7H11OS2/c1(7-5-10-7)2-9-4-6-3-8-6/h6H,1-5H2. The van der Waals surface area contributed by atoms with Gasteiger partial charge in [-0.2, -0.15) is 23.5 Å². The molecule has 2 heterocycles. The molecule has 0 amide bonds. The van der Waals surface area contributed by atoms with Crippen LogP contribution in [0.25, 0.3) is 0 Å². The zero-order valence-corrected chi connectivity index (χ0v) is 7.47. The first-order valence-corrected chi connectivity index (χ1v) is 5.76. The molecule has 1 nitrogen and oxygen atoms in total. The Morgan fingerprint density at radius 1 is 1.70 bits per heavy atom. The molecule has 0 saturated carbocycles. The zero-order chi connectivity index (χ0) is 6.81. The number of epoxide rings is 1. The van der Waals surface area contributed by atoms with Gasteiger partial charge in [0.2, 0.25) is 0 Å². The van der Waals surface area contributed by atoms with Gasteiger partial charge in [-0.25, -0.2) is 0 Å². The van der Waals surface area contributed by atoms with Crippen LogP contribution in [-0.2, 0) is 4.74 Å². The van der Waals surface area contributed by atoms with Crippen LogP contribution >= 0.6 is 23.5 Å². The lowest BCUT2D eigenvalue weighted by Gasteiger charge is -1.94. The summed E-state index contributed by atoms with van der Waals surface area (Å²) in [7, 11) is 0. The molecule has 2 aliphatic rings. The van der Waals surface area contributed by atoms with Crippen molar-refractivity contribution in [3.8, 4) is 0 Å². The fourth-order valence-electron chi connectivity index (χ4n) is 0.760. The highest BCUT2D eigenvalue weighted by atomic mass is 32.2. The van der Waals surface area contributed by atoms with Gasteiger partial charge >= 0.3 is 0 Å². The minimum absolute atomic E-state index is 0.613. The highest BCUT2D eigenvalue weighted by Crippen LogP contribution is 2.42. The zero-order valence-electron chi connectivity index (χ0n) is 5.84. The molecule has 2 rings (SSSR count). The van der Waals surface area contributed by atoms with Gasteiger partial charge in [-0.3, -0.25) is 0 Å². The molecule has 3 heteroatoms. The van der Waals surface area contributed by atoms with Gasteiger partial charge in [0.1, 0.15) is 0 Å². The summed E-state index contributed by atoms with van der Waals surface area (Å²) in [4.78, 5) is 0. The Hall–Kier alpha value is 0.660. The van der Waals surface area contributed by atoms with Crippen molar-refractivity contribution in [3.05, 3.63) is 5.25 Å². The molecule has 2 fully saturated rings. The van der Waals surface area contributed by atoms with Crippen molar-refractivity contribution < 1.29 is 4.74 Å². The SMILES string of the molecule is C(C[C]1CS1)SCC1CO1. The van der Waals surface area contributed by atoms with Crippen molar-refractivity contribution in [2.24, 2.45) is 0 Å². The van der Waals surface area contributed by atoms with E-state index in [1.807, 2.05) is 23.5 Å². The maximum absolute atomic E-state index is 5.10. The molecule has 0 aliphatic carbocycles. The number of hydrogen-bond acceptors (Lipinski definition) is 3. The van der Waals surface area contributed by atoms with Gasteiger partial charge < -0.3 is 4.74 Å². The van der Waals surface area contributed by atoms with Crippen molar-refractivity contribution in [2.45, 2.75) is 12.5 Å². The van der Waals surface area contributed by atoms with E-state index >= 15 is 0 Å². The van der Waals surface area contributed by atoms with Crippen LogP contribution in [0, 0.1) is 5.25 Å². The van der Waals surface area contributed by atoms with Crippen LogP contribution < -0.4 is 0 Å². The van der Waals surface area contributed by atoms with Crippen LogP contribution in [0.1, 0.15) is 6.42 Å². The summed E-state index contributed by atoms with van der Waals surface area (Å²) in [6.45, 7) is 1.01. The second-order valence-corrected chi connectivity index (χ2v) is 4.91. The quantitative estimate of drug-likeness (QED) is 0.467. The molecular formula is C7H11OS2. The fourth-order valence-corrected chi connectivity index (χ4v) is 2.40. The monoisotopic (exact) mass is 175 g/mol. The molecule has 0 bridgehead atoms. The first kappa shape index (κ1) is 7.32. The van der Waals surface area contributed by atoms with Crippen molar-refractivity contribution >= 4 is 23.5 Å². The first-order chi connectivity index (χ1) is 4.95. The maximum atomic E-state index is 5.10. The average Bonchev–Trinajstić information content (AvgIpc) is 2.77. The van der Waals surface area contributed by atoms with Crippen molar-refractivity contribution in [1.82, 2.24) is 0 Å². The lowest BCUT2D eigenvalue weighted by atomic mass is 10.4. The molecule has 0 spiro atoms. The number of ether oxygens (including phenoxy) is 1. The Kier molecular flexibility index (Phi) is 2.47. The lowest BCUT2D eigenvalue weighted by Crippen LogP contribution is -1.90. The van der Waals surface area contributed by atoms with Gasteiger partial charge in [0.05, 0.1) is 12.7 Å². The summed E-state index contributed by atoms with van der Waals surface area (Å²) in [5.41, 5.74) is 0. The second-order valence-electron chi connectivity index (χ2n) is 2.61. The van der Waals surface area contributed by atoms with Crippen molar-refractivity contribution in [3.63, 3.8) is 0 Å². The van der Waals surface area contributed by atoms with Crippen molar-refractivity contribution in [1.29, 1.82) is 0 Å². The third-order valence-corrected chi connectivity index (χ3v) is 3.58. The van der Waals surface area contributed by atoms with Gasteiger partial charge in [-0.1, -0.05) is 0 Å². The molecule has 1 unspecified atom stereocenters. The third kappa shape index (κ3) is 2.72. The minimum atomic E-state index is 0.613. The Balaban J connectivity index is 1.40. The predicted molar refractivity (Wildman–Crippen MR) is 47.4 cm³/mol. The highest BCUT2D eigenvalue weighted by molar-refractivity contribution is 8.09. The van der Waals surface area contributed by atoms with Crippen LogP contribution in [0.15, 0.2) is 0 Å². The highest BCUT2D eigenvalue weighted by Gasteiger charge is 2.24.